The van der Waals surface area contributed by atoms with Crippen molar-refractivity contribution in [2.75, 3.05) is 20.0 Å². The minimum atomic E-state index is -1.40. The number of aromatic nitrogens is 3. The van der Waals surface area contributed by atoms with E-state index < -0.39 is 16.4 Å². The minimum absolute atomic E-state index is 0.116. The van der Waals surface area contributed by atoms with Crippen molar-refractivity contribution in [1.29, 1.82) is 0 Å². The highest BCUT2D eigenvalue weighted by Gasteiger charge is 2.16. The molecule has 9 heteroatoms. The molecular formula is C18H13Cl2N3O3S. The summed E-state index contributed by atoms with van der Waals surface area (Å²) in [6.45, 7) is 0.200. The Morgan fingerprint density at radius 3 is 2.63 bits per heavy atom. The summed E-state index contributed by atoms with van der Waals surface area (Å²) in [5.74, 6) is 5.75. The topological polar surface area (TPSA) is 74.1 Å². The Kier molecular flexibility index (Phi) is 5.92. The molecular weight excluding hydrogens is 409 g/mol. The van der Waals surface area contributed by atoms with Gasteiger partial charge < -0.3 is 4.74 Å². The molecule has 6 nitrogen and oxygen atoms in total. The zero-order chi connectivity index (χ0) is 19.6. The van der Waals surface area contributed by atoms with Crippen molar-refractivity contribution in [2.45, 2.75) is 5.16 Å². The highest BCUT2D eigenvalue weighted by molar-refractivity contribution is 7.84. The summed E-state index contributed by atoms with van der Waals surface area (Å²) in [5, 5.41) is 0.952. The molecule has 0 bridgehead atoms. The van der Waals surface area contributed by atoms with Gasteiger partial charge in [-0.3, -0.25) is 13.6 Å². The van der Waals surface area contributed by atoms with Gasteiger partial charge in [0, 0.05) is 25.8 Å². The summed E-state index contributed by atoms with van der Waals surface area (Å²) in [7, 11) is 0.124. The normalized spacial score (nSPS) is 11.9. The predicted octanol–water partition coefficient (Wildman–Crippen LogP) is 2.82. The molecule has 0 saturated carbocycles. The standard InChI is InChI=1S/C18H13Cl2N3O3S/c1-26-8-4-5-11-10-23(16-13(19)6-3-7-14(16)20)17(24)12-9-21-18(27(2)25)22-15(11)12/h3,6-7,9-10H,8H2,1-2H3. The minimum Gasteiger partial charge on any atom is -0.372 e. The maximum atomic E-state index is 13.0. The zero-order valence-electron chi connectivity index (χ0n) is 14.3. The van der Waals surface area contributed by atoms with Crippen molar-refractivity contribution in [3.63, 3.8) is 0 Å². The van der Waals surface area contributed by atoms with E-state index >= 15 is 0 Å². The largest absolute Gasteiger partial charge is 0.372 e. The molecule has 0 fully saturated rings. The fourth-order valence-electron chi connectivity index (χ4n) is 2.42. The number of nitrogens with zero attached hydrogens (tertiary/aromatic N) is 3. The van der Waals surface area contributed by atoms with Gasteiger partial charge in [0.15, 0.2) is 0 Å². The van der Waals surface area contributed by atoms with Crippen molar-refractivity contribution < 1.29 is 8.95 Å². The van der Waals surface area contributed by atoms with Gasteiger partial charge in [-0.25, -0.2) is 9.97 Å². The van der Waals surface area contributed by atoms with Crippen LogP contribution in [0.1, 0.15) is 5.56 Å². The van der Waals surface area contributed by atoms with Crippen LogP contribution in [0.4, 0.5) is 0 Å². The van der Waals surface area contributed by atoms with Gasteiger partial charge in [-0.15, -0.1) is 0 Å². The van der Waals surface area contributed by atoms with Gasteiger partial charge in [0.05, 0.1) is 43.0 Å². The monoisotopic (exact) mass is 421 g/mol. The number of benzene rings is 1. The summed E-state index contributed by atoms with van der Waals surface area (Å²) in [4.78, 5) is 21.3. The SMILES string of the molecule is COCC#Cc1cn(-c2c(Cl)cccc2Cl)c(=O)c2cnc(S(C)=O)nc12. The van der Waals surface area contributed by atoms with Gasteiger partial charge in [0.2, 0.25) is 5.16 Å². The molecule has 0 aliphatic rings. The van der Waals surface area contributed by atoms with E-state index in [9.17, 15) is 9.00 Å². The summed E-state index contributed by atoms with van der Waals surface area (Å²) in [6.07, 6.45) is 4.31. The van der Waals surface area contributed by atoms with E-state index in [0.29, 0.717) is 26.8 Å². The molecule has 0 radical (unpaired) electrons. The first-order valence-corrected chi connectivity index (χ1v) is 9.93. The summed E-state index contributed by atoms with van der Waals surface area (Å²) in [5.41, 5.74) is 0.673. The number of halogens is 2. The Bertz CT molecular complexity index is 1160. The Hall–Kier alpha value is -2.24. The molecule has 2 aromatic heterocycles. The summed E-state index contributed by atoms with van der Waals surface area (Å²) >= 11 is 12.5. The van der Waals surface area contributed by atoms with Crippen LogP contribution in [0.15, 0.2) is 40.5 Å². The molecule has 2 heterocycles. The maximum absolute atomic E-state index is 13.0. The lowest BCUT2D eigenvalue weighted by atomic mass is 10.2. The summed E-state index contributed by atoms with van der Waals surface area (Å²) in [6, 6.07) is 4.95. The molecule has 0 aliphatic heterocycles. The Morgan fingerprint density at radius 2 is 2.00 bits per heavy atom. The third kappa shape index (κ3) is 3.89. The highest BCUT2D eigenvalue weighted by Crippen LogP contribution is 2.28. The molecule has 3 aromatic rings. The van der Waals surface area contributed by atoms with Crippen LogP contribution in [0.2, 0.25) is 10.0 Å². The second kappa shape index (κ2) is 8.19. The highest BCUT2D eigenvalue weighted by atomic mass is 35.5. The number of ether oxygens (including phenoxy) is 1. The maximum Gasteiger partial charge on any atom is 0.266 e. The van der Waals surface area contributed by atoms with E-state index in [-0.39, 0.29) is 17.1 Å². The van der Waals surface area contributed by atoms with Crippen LogP contribution in [-0.2, 0) is 15.5 Å². The first-order valence-electron chi connectivity index (χ1n) is 7.62. The van der Waals surface area contributed by atoms with Gasteiger partial charge in [-0.1, -0.05) is 41.1 Å². The first kappa shape index (κ1) is 19.5. The second-order valence-corrected chi connectivity index (χ2v) is 7.48. The van der Waals surface area contributed by atoms with Gasteiger partial charge in [0.1, 0.15) is 6.61 Å². The number of para-hydroxylation sites is 1. The van der Waals surface area contributed by atoms with Gasteiger partial charge in [-0.05, 0) is 12.1 Å². The second-order valence-electron chi connectivity index (χ2n) is 5.39. The van der Waals surface area contributed by atoms with Crippen molar-refractivity contribution in [1.82, 2.24) is 14.5 Å². The van der Waals surface area contributed by atoms with Crippen LogP contribution < -0.4 is 5.56 Å². The van der Waals surface area contributed by atoms with Crippen molar-refractivity contribution in [3.05, 3.63) is 56.6 Å². The molecule has 0 N–H and O–H groups in total. The fraction of sp³-hybridized carbons (Fsp3) is 0.167. The molecule has 0 saturated heterocycles. The Labute approximate surface area is 167 Å². The van der Waals surface area contributed by atoms with Gasteiger partial charge in [-0.2, -0.15) is 0 Å². The quantitative estimate of drug-likeness (QED) is 0.480. The number of pyridine rings is 1. The van der Waals surface area contributed by atoms with Crippen LogP contribution in [0, 0.1) is 11.8 Å². The molecule has 0 aliphatic carbocycles. The molecule has 1 aromatic carbocycles. The Morgan fingerprint density at radius 1 is 1.30 bits per heavy atom. The molecule has 0 spiro atoms. The van der Waals surface area contributed by atoms with Crippen molar-refractivity contribution in [3.8, 4) is 17.5 Å². The van der Waals surface area contributed by atoms with Crippen LogP contribution >= 0.6 is 23.2 Å². The average Bonchev–Trinajstić information content (AvgIpc) is 2.64. The van der Waals surface area contributed by atoms with Crippen LogP contribution in [0.5, 0.6) is 0 Å². The molecule has 27 heavy (non-hydrogen) atoms. The zero-order valence-corrected chi connectivity index (χ0v) is 16.7. The van der Waals surface area contributed by atoms with Crippen molar-refractivity contribution in [2.24, 2.45) is 0 Å². The third-order valence-electron chi connectivity index (χ3n) is 3.60. The number of fused-ring (bicyclic) bond motifs is 1. The average molecular weight is 422 g/mol. The lowest BCUT2D eigenvalue weighted by Gasteiger charge is -2.12. The van der Waals surface area contributed by atoms with E-state index in [2.05, 4.69) is 21.8 Å². The number of rotatable bonds is 3. The lowest BCUT2D eigenvalue weighted by molar-refractivity contribution is 0.240. The smallest absolute Gasteiger partial charge is 0.266 e. The van der Waals surface area contributed by atoms with Gasteiger partial charge >= 0.3 is 0 Å². The molecule has 138 valence electrons. The molecule has 1 unspecified atom stereocenters. The Balaban J connectivity index is 2.39. The van der Waals surface area contributed by atoms with Gasteiger partial charge in [0.25, 0.3) is 5.56 Å². The van der Waals surface area contributed by atoms with E-state index in [4.69, 9.17) is 27.9 Å². The van der Waals surface area contributed by atoms with Crippen molar-refractivity contribution >= 4 is 44.9 Å². The lowest BCUT2D eigenvalue weighted by Crippen LogP contribution is -2.20. The van der Waals surface area contributed by atoms with Crippen LogP contribution in [-0.4, -0.2) is 38.7 Å². The van der Waals surface area contributed by atoms with E-state index in [1.165, 1.54) is 30.3 Å². The van der Waals surface area contributed by atoms with Crippen LogP contribution in [0.3, 0.4) is 0 Å². The molecule has 1 atom stereocenters. The summed E-state index contributed by atoms with van der Waals surface area (Å²) < 4.78 is 18.0. The molecule has 3 rings (SSSR count). The predicted molar refractivity (Wildman–Crippen MR) is 106 cm³/mol. The fourth-order valence-corrected chi connectivity index (χ4v) is 3.43. The molecule has 0 amide bonds. The van der Waals surface area contributed by atoms with E-state index in [0.717, 1.165) is 0 Å². The number of hydrogen-bond acceptors (Lipinski definition) is 5. The number of methoxy groups -OCH3 is 1. The first-order chi connectivity index (χ1) is 12.9. The number of hydrogen-bond donors (Lipinski definition) is 0. The van der Waals surface area contributed by atoms with Crippen LogP contribution in [0.25, 0.3) is 16.6 Å². The third-order valence-corrected chi connectivity index (χ3v) is 4.93. The van der Waals surface area contributed by atoms with E-state index in [1.807, 2.05) is 0 Å². The van der Waals surface area contributed by atoms with E-state index in [1.54, 1.807) is 18.2 Å².